The Bertz CT molecular complexity index is 504. The van der Waals surface area contributed by atoms with Crippen molar-refractivity contribution < 1.29 is 27.5 Å². The van der Waals surface area contributed by atoms with Gasteiger partial charge in [-0.25, -0.2) is 18.6 Å². The highest BCUT2D eigenvalue weighted by Crippen LogP contribution is 2.28. The van der Waals surface area contributed by atoms with E-state index >= 15 is 0 Å². The Balaban J connectivity index is 2.51. The van der Waals surface area contributed by atoms with Crippen LogP contribution in [0.4, 0.5) is 8.78 Å². The first kappa shape index (κ1) is 10.3. The van der Waals surface area contributed by atoms with Gasteiger partial charge < -0.3 is 13.9 Å². The Hall–Kier alpha value is -2.18. The lowest BCUT2D eigenvalue weighted by Crippen LogP contribution is -1.99. The molecule has 2 rings (SSSR count). The van der Waals surface area contributed by atoms with Crippen LogP contribution in [0.5, 0.6) is 0 Å². The minimum atomic E-state index is -3.02. The predicted octanol–water partition coefficient (Wildman–Crippen LogP) is 2.57. The van der Waals surface area contributed by atoms with Crippen LogP contribution in [0.1, 0.15) is 22.7 Å². The van der Waals surface area contributed by atoms with Gasteiger partial charge in [0.2, 0.25) is 5.76 Å². The molecule has 0 saturated heterocycles. The molecular weight excluding hydrogens is 224 g/mol. The standard InChI is InChI=1S/C9H5F2NO4/c10-7(11)5-6(9(13)14)16-8(12-5)4-2-1-3-15-4/h1-3,7H,(H,13,14). The van der Waals surface area contributed by atoms with Crippen molar-refractivity contribution in [1.82, 2.24) is 4.98 Å². The fourth-order valence-corrected chi connectivity index (χ4v) is 1.14. The molecule has 0 unspecified atom stereocenters. The number of furan rings is 1. The van der Waals surface area contributed by atoms with Crippen LogP contribution in [0.25, 0.3) is 11.7 Å². The summed E-state index contributed by atoms with van der Waals surface area (Å²) in [7, 11) is 0. The number of carbonyl (C=O) groups is 1. The van der Waals surface area contributed by atoms with Gasteiger partial charge in [0.15, 0.2) is 11.5 Å². The van der Waals surface area contributed by atoms with E-state index in [0.717, 1.165) is 0 Å². The summed E-state index contributed by atoms with van der Waals surface area (Å²) in [5.74, 6) is -2.66. The number of hydrogen-bond donors (Lipinski definition) is 1. The van der Waals surface area contributed by atoms with Gasteiger partial charge in [0, 0.05) is 0 Å². The Morgan fingerprint density at radius 1 is 1.50 bits per heavy atom. The number of halogens is 2. The second-order valence-corrected chi connectivity index (χ2v) is 2.82. The molecule has 84 valence electrons. The van der Waals surface area contributed by atoms with E-state index in [0.29, 0.717) is 0 Å². The maximum atomic E-state index is 12.4. The summed E-state index contributed by atoms with van der Waals surface area (Å²) in [5.41, 5.74) is -0.904. The van der Waals surface area contributed by atoms with E-state index in [1.165, 1.54) is 18.4 Å². The van der Waals surface area contributed by atoms with E-state index in [-0.39, 0.29) is 11.7 Å². The van der Waals surface area contributed by atoms with Gasteiger partial charge in [-0.2, -0.15) is 0 Å². The van der Waals surface area contributed by atoms with Crippen LogP contribution in [0.3, 0.4) is 0 Å². The largest absolute Gasteiger partial charge is 0.475 e. The maximum Gasteiger partial charge on any atom is 0.374 e. The second kappa shape index (κ2) is 3.76. The van der Waals surface area contributed by atoms with Crippen molar-refractivity contribution in [1.29, 1.82) is 0 Å². The van der Waals surface area contributed by atoms with E-state index in [1.807, 2.05) is 0 Å². The molecule has 0 aliphatic carbocycles. The monoisotopic (exact) mass is 229 g/mol. The third-order valence-corrected chi connectivity index (χ3v) is 1.79. The quantitative estimate of drug-likeness (QED) is 0.875. The molecule has 7 heteroatoms. The summed E-state index contributed by atoms with van der Waals surface area (Å²) in [6.45, 7) is 0. The summed E-state index contributed by atoms with van der Waals surface area (Å²) < 4.78 is 34.4. The molecule has 16 heavy (non-hydrogen) atoms. The minimum Gasteiger partial charge on any atom is -0.475 e. The fourth-order valence-electron chi connectivity index (χ4n) is 1.14. The average Bonchev–Trinajstić information content (AvgIpc) is 2.86. The smallest absolute Gasteiger partial charge is 0.374 e. The maximum absolute atomic E-state index is 12.4. The van der Waals surface area contributed by atoms with Crippen molar-refractivity contribution in [2.45, 2.75) is 6.43 Å². The third kappa shape index (κ3) is 1.67. The second-order valence-electron chi connectivity index (χ2n) is 2.82. The summed E-state index contributed by atoms with van der Waals surface area (Å²) in [6, 6.07) is 2.93. The Morgan fingerprint density at radius 3 is 2.69 bits per heavy atom. The van der Waals surface area contributed by atoms with E-state index in [1.54, 1.807) is 0 Å². The van der Waals surface area contributed by atoms with Crippen LogP contribution in [-0.4, -0.2) is 16.1 Å². The van der Waals surface area contributed by atoms with Crippen molar-refractivity contribution in [2.75, 3.05) is 0 Å². The number of nitrogens with zero attached hydrogens (tertiary/aromatic N) is 1. The molecule has 0 amide bonds. The van der Waals surface area contributed by atoms with Gasteiger partial charge in [-0.1, -0.05) is 0 Å². The molecule has 1 N–H and O–H groups in total. The molecule has 0 aliphatic heterocycles. The lowest BCUT2D eigenvalue weighted by Gasteiger charge is -1.91. The van der Waals surface area contributed by atoms with Crippen LogP contribution >= 0.6 is 0 Å². The fraction of sp³-hybridized carbons (Fsp3) is 0.111. The first-order chi connectivity index (χ1) is 7.59. The van der Waals surface area contributed by atoms with Gasteiger partial charge in [-0.15, -0.1) is 0 Å². The molecule has 0 aromatic carbocycles. The van der Waals surface area contributed by atoms with Crippen molar-refractivity contribution >= 4 is 5.97 Å². The minimum absolute atomic E-state index is 0.0920. The van der Waals surface area contributed by atoms with E-state index in [4.69, 9.17) is 13.9 Å². The average molecular weight is 229 g/mol. The zero-order valence-corrected chi connectivity index (χ0v) is 7.68. The van der Waals surface area contributed by atoms with Crippen LogP contribution in [-0.2, 0) is 0 Å². The lowest BCUT2D eigenvalue weighted by atomic mass is 10.3. The predicted molar refractivity (Wildman–Crippen MR) is 46.1 cm³/mol. The molecule has 0 atom stereocenters. The van der Waals surface area contributed by atoms with E-state index in [2.05, 4.69) is 4.98 Å². The van der Waals surface area contributed by atoms with Crippen molar-refractivity contribution in [3.8, 4) is 11.7 Å². The number of rotatable bonds is 3. The van der Waals surface area contributed by atoms with Crippen LogP contribution in [0.2, 0.25) is 0 Å². The van der Waals surface area contributed by atoms with Crippen LogP contribution in [0.15, 0.2) is 27.2 Å². The summed E-state index contributed by atoms with van der Waals surface area (Å²) >= 11 is 0. The van der Waals surface area contributed by atoms with Gasteiger partial charge in [-0.05, 0) is 12.1 Å². The van der Waals surface area contributed by atoms with Gasteiger partial charge in [-0.3, -0.25) is 0 Å². The Morgan fingerprint density at radius 2 is 2.25 bits per heavy atom. The molecule has 2 aromatic heterocycles. The molecule has 0 spiro atoms. The van der Waals surface area contributed by atoms with Crippen molar-refractivity contribution in [3.63, 3.8) is 0 Å². The molecule has 0 radical (unpaired) electrons. The molecule has 2 heterocycles. The third-order valence-electron chi connectivity index (χ3n) is 1.79. The van der Waals surface area contributed by atoms with Crippen molar-refractivity contribution in [3.05, 3.63) is 29.9 Å². The van der Waals surface area contributed by atoms with Crippen LogP contribution < -0.4 is 0 Å². The normalized spacial score (nSPS) is 10.9. The van der Waals surface area contributed by atoms with Crippen LogP contribution in [0, 0.1) is 0 Å². The topological polar surface area (TPSA) is 76.5 Å². The highest BCUT2D eigenvalue weighted by atomic mass is 19.3. The molecule has 0 fully saturated rings. The van der Waals surface area contributed by atoms with Crippen molar-refractivity contribution in [2.24, 2.45) is 0 Å². The SMILES string of the molecule is O=C(O)c1oc(-c2ccco2)nc1C(F)F. The summed E-state index contributed by atoms with van der Waals surface area (Å²) in [4.78, 5) is 14.0. The van der Waals surface area contributed by atoms with Gasteiger partial charge in [0.1, 0.15) is 0 Å². The summed E-state index contributed by atoms with van der Waals surface area (Å²) in [6.07, 6.45) is -1.72. The number of aromatic carboxylic acids is 1. The number of alkyl halides is 2. The Kier molecular flexibility index (Phi) is 2.43. The number of hydrogen-bond acceptors (Lipinski definition) is 4. The molecule has 0 bridgehead atoms. The highest BCUT2D eigenvalue weighted by molar-refractivity contribution is 5.86. The number of oxazole rings is 1. The summed E-state index contributed by atoms with van der Waals surface area (Å²) in [5, 5.41) is 8.63. The van der Waals surface area contributed by atoms with Gasteiger partial charge in [0.05, 0.1) is 6.26 Å². The molecule has 2 aromatic rings. The molecule has 0 saturated carbocycles. The van der Waals surface area contributed by atoms with E-state index < -0.39 is 23.8 Å². The molecule has 0 aliphatic rings. The Labute approximate surface area is 87.3 Å². The number of carboxylic acid groups (broad SMARTS) is 1. The van der Waals surface area contributed by atoms with E-state index in [9.17, 15) is 13.6 Å². The molecular formula is C9H5F2NO4. The first-order valence-electron chi connectivity index (χ1n) is 4.15. The first-order valence-corrected chi connectivity index (χ1v) is 4.15. The number of carboxylic acids is 1. The zero-order valence-electron chi connectivity index (χ0n) is 7.68. The lowest BCUT2D eigenvalue weighted by molar-refractivity contribution is 0.0646. The zero-order chi connectivity index (χ0) is 11.7. The highest BCUT2D eigenvalue weighted by Gasteiger charge is 2.27. The molecule has 5 nitrogen and oxygen atoms in total. The van der Waals surface area contributed by atoms with Gasteiger partial charge in [0.25, 0.3) is 12.3 Å². The van der Waals surface area contributed by atoms with Gasteiger partial charge >= 0.3 is 5.97 Å². The number of aromatic nitrogens is 1.